The van der Waals surface area contributed by atoms with Crippen molar-refractivity contribution < 1.29 is 4.74 Å². The quantitative estimate of drug-likeness (QED) is 0.724. The SMILES string of the molecule is N=C1C=CN(CCC2=C3C=COC=C3CC2)C1(c1ccccc1)c1ccccc1. The van der Waals surface area contributed by atoms with Crippen LogP contribution in [-0.4, -0.2) is 17.2 Å². The number of nitrogens with one attached hydrogen (secondary N) is 1. The molecule has 2 aromatic carbocycles. The molecule has 0 aromatic heterocycles. The van der Waals surface area contributed by atoms with Crippen molar-refractivity contribution in [2.24, 2.45) is 0 Å². The molecule has 0 amide bonds. The lowest BCUT2D eigenvalue weighted by Gasteiger charge is -2.41. The molecule has 144 valence electrons. The normalized spacial score (nSPS) is 19.4. The van der Waals surface area contributed by atoms with Crippen molar-refractivity contribution in [2.45, 2.75) is 24.8 Å². The minimum absolute atomic E-state index is 0.573. The van der Waals surface area contributed by atoms with Gasteiger partial charge in [-0.1, -0.05) is 66.2 Å². The van der Waals surface area contributed by atoms with Crippen LogP contribution >= 0.6 is 0 Å². The molecule has 0 bridgehead atoms. The minimum atomic E-state index is -0.573. The van der Waals surface area contributed by atoms with E-state index >= 15 is 0 Å². The summed E-state index contributed by atoms with van der Waals surface area (Å²) in [5, 5.41) is 8.92. The van der Waals surface area contributed by atoms with Gasteiger partial charge >= 0.3 is 0 Å². The Morgan fingerprint density at radius 3 is 2.28 bits per heavy atom. The number of allylic oxidation sites excluding steroid dienone is 3. The Morgan fingerprint density at radius 2 is 1.59 bits per heavy atom. The number of hydrogen-bond acceptors (Lipinski definition) is 3. The first-order valence-electron chi connectivity index (χ1n) is 10.2. The molecule has 2 aromatic rings. The van der Waals surface area contributed by atoms with E-state index < -0.39 is 5.54 Å². The maximum Gasteiger partial charge on any atom is 0.132 e. The summed E-state index contributed by atoms with van der Waals surface area (Å²) in [5.41, 5.74) is 6.46. The molecule has 1 N–H and O–H groups in total. The largest absolute Gasteiger partial charge is 0.472 e. The first-order valence-corrected chi connectivity index (χ1v) is 10.2. The van der Waals surface area contributed by atoms with Gasteiger partial charge in [0, 0.05) is 12.7 Å². The van der Waals surface area contributed by atoms with Crippen LogP contribution in [0.3, 0.4) is 0 Å². The van der Waals surface area contributed by atoms with E-state index in [2.05, 4.69) is 65.7 Å². The van der Waals surface area contributed by atoms with Crippen LogP contribution in [0.15, 0.2) is 108 Å². The van der Waals surface area contributed by atoms with Crippen molar-refractivity contribution in [1.82, 2.24) is 4.90 Å². The number of ether oxygens (including phenoxy) is 1. The van der Waals surface area contributed by atoms with Crippen molar-refractivity contribution in [3.63, 3.8) is 0 Å². The van der Waals surface area contributed by atoms with Crippen LogP contribution in [0.25, 0.3) is 0 Å². The Balaban J connectivity index is 1.52. The zero-order valence-electron chi connectivity index (χ0n) is 16.3. The van der Waals surface area contributed by atoms with Gasteiger partial charge in [-0.05, 0) is 53.7 Å². The molecule has 1 aliphatic carbocycles. The monoisotopic (exact) mass is 380 g/mol. The number of nitrogens with zero attached hydrogens (tertiary/aromatic N) is 1. The van der Waals surface area contributed by atoms with Crippen LogP contribution in [0.2, 0.25) is 0 Å². The van der Waals surface area contributed by atoms with Crippen molar-refractivity contribution in [3.05, 3.63) is 119 Å². The minimum Gasteiger partial charge on any atom is -0.472 e. The Hall–Kier alpha value is -3.33. The van der Waals surface area contributed by atoms with Gasteiger partial charge in [-0.25, -0.2) is 0 Å². The summed E-state index contributed by atoms with van der Waals surface area (Å²) in [6.45, 7) is 0.865. The van der Waals surface area contributed by atoms with E-state index in [9.17, 15) is 0 Å². The number of hydrogen-bond donors (Lipinski definition) is 1. The fourth-order valence-electron chi connectivity index (χ4n) is 4.83. The van der Waals surface area contributed by atoms with Crippen LogP contribution in [0, 0.1) is 5.41 Å². The molecule has 3 heteroatoms. The topological polar surface area (TPSA) is 36.3 Å². The summed E-state index contributed by atoms with van der Waals surface area (Å²) in [7, 11) is 0. The number of fused-ring (bicyclic) bond motifs is 1. The number of rotatable bonds is 5. The molecular weight excluding hydrogens is 356 g/mol. The van der Waals surface area contributed by atoms with Crippen LogP contribution < -0.4 is 0 Å². The van der Waals surface area contributed by atoms with Gasteiger partial charge < -0.3 is 15.0 Å². The second-order valence-corrected chi connectivity index (χ2v) is 7.71. The Morgan fingerprint density at radius 1 is 0.897 bits per heavy atom. The van der Waals surface area contributed by atoms with Crippen LogP contribution in [-0.2, 0) is 10.3 Å². The summed E-state index contributed by atoms with van der Waals surface area (Å²) >= 11 is 0. The third-order valence-corrected chi connectivity index (χ3v) is 6.23. The predicted molar refractivity (Wildman–Crippen MR) is 116 cm³/mol. The van der Waals surface area contributed by atoms with Gasteiger partial charge in [-0.3, -0.25) is 0 Å². The van der Waals surface area contributed by atoms with Gasteiger partial charge in [-0.2, -0.15) is 0 Å². The molecule has 0 atom stereocenters. The van der Waals surface area contributed by atoms with Crippen molar-refractivity contribution in [3.8, 4) is 0 Å². The molecule has 0 saturated carbocycles. The standard InChI is InChI=1S/C26H24N2O/c27-25-14-17-28(16-13-20-11-12-21-19-29-18-15-24(20)21)26(25,22-7-3-1-4-8-22)23-9-5-2-6-10-23/h1-10,14-15,17-19,27H,11-13,16H2. The molecule has 0 spiro atoms. The van der Waals surface area contributed by atoms with E-state index in [1.165, 1.54) is 16.7 Å². The first kappa shape index (κ1) is 17.7. The average Bonchev–Trinajstić information content (AvgIpc) is 3.35. The summed E-state index contributed by atoms with van der Waals surface area (Å²) in [6, 6.07) is 20.9. The fraction of sp³-hybridized carbons (Fsp3) is 0.192. The summed E-state index contributed by atoms with van der Waals surface area (Å²) in [5.74, 6) is 0. The lowest BCUT2D eigenvalue weighted by molar-refractivity contribution is 0.274. The lowest BCUT2D eigenvalue weighted by atomic mass is 9.79. The highest BCUT2D eigenvalue weighted by atomic mass is 16.5. The maximum absolute atomic E-state index is 8.92. The van der Waals surface area contributed by atoms with E-state index in [1.54, 1.807) is 6.26 Å². The third-order valence-electron chi connectivity index (χ3n) is 6.23. The Kier molecular flexibility index (Phi) is 4.44. The highest BCUT2D eigenvalue weighted by Gasteiger charge is 2.45. The van der Waals surface area contributed by atoms with Crippen molar-refractivity contribution >= 4 is 5.71 Å². The molecule has 29 heavy (non-hydrogen) atoms. The molecule has 2 heterocycles. The molecule has 0 unspecified atom stereocenters. The van der Waals surface area contributed by atoms with Crippen LogP contribution in [0.4, 0.5) is 0 Å². The molecule has 0 radical (unpaired) electrons. The third kappa shape index (κ3) is 2.85. The molecule has 2 aliphatic heterocycles. The Bertz CT molecular complexity index is 1010. The second kappa shape index (κ2) is 7.25. The second-order valence-electron chi connectivity index (χ2n) is 7.71. The predicted octanol–water partition coefficient (Wildman–Crippen LogP) is 5.69. The summed E-state index contributed by atoms with van der Waals surface area (Å²) in [4.78, 5) is 2.35. The van der Waals surface area contributed by atoms with Crippen LogP contribution in [0.1, 0.15) is 30.4 Å². The van der Waals surface area contributed by atoms with Gasteiger partial charge in [-0.15, -0.1) is 0 Å². The van der Waals surface area contributed by atoms with E-state index in [1.807, 2.05) is 24.5 Å². The molecule has 5 rings (SSSR count). The lowest BCUT2D eigenvalue weighted by Crippen LogP contribution is -2.46. The van der Waals surface area contributed by atoms with E-state index in [4.69, 9.17) is 10.1 Å². The summed E-state index contributed by atoms with van der Waals surface area (Å²) < 4.78 is 5.35. The van der Waals surface area contributed by atoms with E-state index in [0.29, 0.717) is 5.71 Å². The smallest absolute Gasteiger partial charge is 0.132 e. The van der Waals surface area contributed by atoms with Gasteiger partial charge in [0.25, 0.3) is 0 Å². The molecule has 3 nitrogen and oxygen atoms in total. The Labute approximate surface area is 171 Å². The zero-order valence-corrected chi connectivity index (χ0v) is 16.3. The van der Waals surface area contributed by atoms with Crippen molar-refractivity contribution in [1.29, 1.82) is 5.41 Å². The zero-order chi connectivity index (χ0) is 19.7. The molecular formula is C26H24N2O. The van der Waals surface area contributed by atoms with Crippen LogP contribution in [0.5, 0.6) is 0 Å². The van der Waals surface area contributed by atoms with E-state index in [0.717, 1.165) is 36.9 Å². The van der Waals surface area contributed by atoms with Gasteiger partial charge in [0.1, 0.15) is 5.54 Å². The van der Waals surface area contributed by atoms with Gasteiger partial charge in [0.15, 0.2) is 0 Å². The van der Waals surface area contributed by atoms with Gasteiger partial charge in [0.05, 0.1) is 18.2 Å². The summed E-state index contributed by atoms with van der Waals surface area (Å²) in [6.07, 6.45) is 12.9. The maximum atomic E-state index is 8.92. The highest BCUT2D eigenvalue weighted by Crippen LogP contribution is 2.42. The van der Waals surface area contributed by atoms with Crippen molar-refractivity contribution in [2.75, 3.05) is 6.54 Å². The van der Waals surface area contributed by atoms with E-state index in [-0.39, 0.29) is 0 Å². The molecule has 0 fully saturated rings. The fourth-order valence-corrected chi connectivity index (χ4v) is 4.83. The molecule has 3 aliphatic rings. The highest BCUT2D eigenvalue weighted by molar-refractivity contribution is 6.05. The first-order chi connectivity index (χ1) is 14.3. The van der Waals surface area contributed by atoms with Gasteiger partial charge in [0.2, 0.25) is 0 Å². The average molecular weight is 380 g/mol. The molecule has 0 saturated heterocycles. The number of benzene rings is 2.